The lowest BCUT2D eigenvalue weighted by atomic mass is 9.97. The molecule has 0 aliphatic rings. The number of nitrogens with one attached hydrogen (secondary N) is 4. The Bertz CT molecular complexity index is 7460. The first-order valence-corrected chi connectivity index (χ1v) is 48.2. The molecule has 0 saturated carbocycles. The van der Waals surface area contributed by atoms with E-state index in [1.54, 1.807) is 117 Å². The Hall–Kier alpha value is -18.2. The third-order valence-electron chi connectivity index (χ3n) is 23.0. The van der Waals surface area contributed by atoms with Crippen LogP contribution < -0.4 is 21.3 Å². The molecule has 0 fully saturated rings. The average Bonchev–Trinajstić information content (AvgIpc) is 1.68. The van der Waals surface area contributed by atoms with Crippen molar-refractivity contribution in [2.24, 2.45) is 0 Å². The first kappa shape index (κ1) is 104. The minimum Gasteiger partial charge on any atom is -0.342 e. The van der Waals surface area contributed by atoms with Crippen molar-refractivity contribution in [1.82, 2.24) is 146 Å². The molecule has 0 radical (unpaired) electrons. The minimum atomic E-state index is -0.777. The summed E-state index contributed by atoms with van der Waals surface area (Å²) in [6, 6.07) is 75.1. The molecule has 4 N–H and O–H groups in total. The Labute approximate surface area is 871 Å². The Morgan fingerprint density at radius 3 is 0.866 bits per heavy atom. The second-order valence-electron chi connectivity index (χ2n) is 34.3. The normalized spacial score (nSPS) is 12.1. The Kier molecular flexibility index (Phi) is 35.0. The molecule has 0 saturated heterocycles. The number of hydrogen-bond donors (Lipinski definition) is 4. The number of tetrazole rings is 4. The first-order chi connectivity index (χ1) is 72.3. The van der Waals surface area contributed by atoms with Crippen LogP contribution in [0.4, 0.5) is 0 Å². The van der Waals surface area contributed by atoms with Gasteiger partial charge in [-0.3, -0.25) is 38.4 Å². The number of rotatable bonds is 36. The quantitative estimate of drug-likeness (QED) is 0.0265. The zero-order valence-electron chi connectivity index (χ0n) is 80.3. The van der Waals surface area contributed by atoms with Crippen LogP contribution in [0, 0.1) is 27.7 Å². The van der Waals surface area contributed by atoms with Gasteiger partial charge in [0.05, 0.1) is 66.2 Å². The van der Waals surface area contributed by atoms with Crippen molar-refractivity contribution in [1.29, 1.82) is 0 Å². The lowest BCUT2D eigenvalue weighted by molar-refractivity contribution is -0.125. The van der Waals surface area contributed by atoms with E-state index in [0.717, 1.165) is 50.1 Å². The molecular formula is C108H93Cl4N29O8. The van der Waals surface area contributed by atoms with E-state index in [9.17, 15) is 38.4 Å². The summed E-state index contributed by atoms with van der Waals surface area (Å²) in [6.07, 6.45) is 24.8. The molecule has 0 aliphatic carbocycles. The summed E-state index contributed by atoms with van der Waals surface area (Å²) in [5.74, 6) is -1.12. The Balaban J connectivity index is 0.000000142. The number of carbonyl (C=O) groups excluding carboxylic acids is 8. The number of halogens is 4. The highest BCUT2D eigenvalue weighted by atomic mass is 35.5. The summed E-state index contributed by atoms with van der Waals surface area (Å²) in [7, 11) is 0. The van der Waals surface area contributed by atoms with Crippen molar-refractivity contribution in [2.75, 3.05) is 0 Å². The maximum Gasteiger partial charge on any atom is 0.244 e. The van der Waals surface area contributed by atoms with E-state index in [2.05, 4.69) is 114 Å². The number of benzene rings is 9. The van der Waals surface area contributed by atoms with Gasteiger partial charge in [0.25, 0.3) is 0 Å². The van der Waals surface area contributed by atoms with Gasteiger partial charge in [-0.05, 0) is 261 Å². The van der Waals surface area contributed by atoms with Gasteiger partial charge < -0.3 is 21.3 Å². The second kappa shape index (κ2) is 50.4. The van der Waals surface area contributed by atoms with Crippen LogP contribution in [-0.2, 0) is 89.7 Å². The highest BCUT2D eigenvalue weighted by Crippen LogP contribution is 2.27. The molecule has 149 heavy (non-hydrogen) atoms. The molecule has 4 atom stereocenters. The van der Waals surface area contributed by atoms with E-state index >= 15 is 0 Å². The van der Waals surface area contributed by atoms with Crippen LogP contribution in [0.2, 0.25) is 20.1 Å². The summed E-state index contributed by atoms with van der Waals surface area (Å²) in [4.78, 5) is 118. The van der Waals surface area contributed by atoms with E-state index in [0.29, 0.717) is 125 Å². The zero-order chi connectivity index (χ0) is 104. The van der Waals surface area contributed by atoms with Crippen molar-refractivity contribution >= 4 is 134 Å². The standard InChI is InChI=1S/3C27H23ClN8O2.C27H24ClN5O2/c2*1-18-7-11-26-31-25(32-35(26)16-18)15-24(37)22(13-19-5-3-2-4-6-19)30-27(38)12-8-20-14-21(28)9-10-23(20)36-17-29-33-34-36;1-18-11-12-35-26(13-18)31-25(32-35)16-24(37)22(14-19-5-3-2-4-6-19)30-27(38)10-7-20-15-21(28)8-9-23(20)36-17-29-33-34-36;1-19-7-9-21(10-8-19)16-26(34)24(15-20-5-3-2-4-6-20)30-27(35)14-11-22-17-23(28)12-13-25(22)33-18-29-31-32-33/h2*2-12,14,16-17,22H,13,15H2,1H3,(H,30,38);2-13,15,17,22H,14,16H2,1H3,(H,30,38);2-14,17-18,24H,15-16H2,1H3,(H,30,35)/b2*12-8+;10-7+;14-11+/t3*22-;24-/m0000/s1. The molecule has 19 aromatic rings. The lowest BCUT2D eigenvalue weighted by Gasteiger charge is -2.17. The average molecular weight is 2070 g/mol. The molecule has 37 nitrogen and oxygen atoms in total. The maximum absolute atomic E-state index is 13.4. The van der Waals surface area contributed by atoms with Crippen LogP contribution in [0.5, 0.6) is 0 Å². The zero-order valence-corrected chi connectivity index (χ0v) is 83.4. The summed E-state index contributed by atoms with van der Waals surface area (Å²) in [5, 5.41) is 71.5. The highest BCUT2D eigenvalue weighted by Gasteiger charge is 2.28. The monoisotopic (exact) mass is 2060 g/mol. The van der Waals surface area contributed by atoms with Gasteiger partial charge >= 0.3 is 0 Å². The largest absolute Gasteiger partial charge is 0.342 e. The molecule has 41 heteroatoms. The molecular weight excluding hydrogens is 1970 g/mol. The van der Waals surface area contributed by atoms with Gasteiger partial charge in [0.15, 0.2) is 57.5 Å². The molecule has 4 amide bonds. The minimum absolute atomic E-state index is 0.0139. The number of pyridine rings is 3. The molecule has 9 aromatic carbocycles. The predicted octanol–water partition coefficient (Wildman–Crippen LogP) is 13.8. The fourth-order valence-electron chi connectivity index (χ4n) is 15.7. The molecule has 10 aromatic heterocycles. The number of nitrogens with zero attached hydrogens (tertiary/aromatic N) is 25. The molecule has 0 aliphatic heterocycles. The topological polar surface area (TPSA) is 450 Å². The number of aromatic nitrogens is 25. The van der Waals surface area contributed by atoms with Crippen molar-refractivity contribution in [2.45, 2.75) is 103 Å². The van der Waals surface area contributed by atoms with Crippen LogP contribution in [0.1, 0.15) is 89.8 Å². The SMILES string of the molecule is Cc1ccc(CC(=O)[C@H](Cc2ccccc2)NC(=O)/C=C/c2cc(Cl)ccc2-n2cnnn2)cc1.Cc1ccc2nc(CC(=O)[C@H](Cc3ccccc3)NC(=O)/C=C/c3cc(Cl)ccc3-n3cnnn3)nn2c1.Cc1ccc2nc(CC(=O)[C@H](Cc3ccccc3)NC(=O)/C=C/c3cc(Cl)ccc3-n3cnnn3)nn2c1.Cc1ccn2nc(CC(=O)[C@H](Cc3ccccc3)NC(=O)/C=C/c3cc(Cl)ccc3-n3cnnn3)nc2c1. The maximum atomic E-state index is 13.4. The van der Waals surface area contributed by atoms with Gasteiger partial charge in [-0.1, -0.05) is 210 Å². The van der Waals surface area contributed by atoms with E-state index in [4.69, 9.17) is 46.4 Å². The second-order valence-corrected chi connectivity index (χ2v) is 36.1. The van der Waals surface area contributed by atoms with Crippen molar-refractivity contribution in [3.8, 4) is 22.7 Å². The van der Waals surface area contributed by atoms with Gasteiger partial charge in [0.2, 0.25) is 23.6 Å². The Morgan fingerprint density at radius 2 is 0.570 bits per heavy atom. The van der Waals surface area contributed by atoms with Gasteiger partial charge in [0.1, 0.15) is 25.3 Å². The van der Waals surface area contributed by atoms with Crippen LogP contribution in [0.25, 0.3) is 64.0 Å². The molecule has 0 bridgehead atoms. The fraction of sp³-hybridized carbons (Fsp3) is 0.148. The molecule has 746 valence electrons. The van der Waals surface area contributed by atoms with Crippen molar-refractivity contribution in [3.05, 3.63) is 433 Å². The van der Waals surface area contributed by atoms with E-state index < -0.39 is 41.9 Å². The van der Waals surface area contributed by atoms with Crippen LogP contribution in [-0.4, -0.2) is 196 Å². The highest BCUT2D eigenvalue weighted by molar-refractivity contribution is 6.32. The van der Waals surface area contributed by atoms with E-state index in [-0.39, 0.29) is 54.7 Å². The van der Waals surface area contributed by atoms with Gasteiger partial charge in [-0.15, -0.1) is 20.4 Å². The Morgan fingerprint density at radius 1 is 0.289 bits per heavy atom. The number of Topliss-reactive ketones (excluding diaryl/α,β-unsaturated/α-hetero) is 4. The van der Waals surface area contributed by atoms with E-state index in [1.165, 1.54) is 68.3 Å². The lowest BCUT2D eigenvalue weighted by Crippen LogP contribution is -2.42. The number of ketones is 4. The predicted molar refractivity (Wildman–Crippen MR) is 560 cm³/mol. The summed E-state index contributed by atoms with van der Waals surface area (Å²) < 4.78 is 10.8. The number of amides is 4. The fourth-order valence-corrected chi connectivity index (χ4v) is 16.4. The molecule has 0 unspecified atom stereocenters. The van der Waals surface area contributed by atoms with Gasteiger partial charge in [-0.2, -0.15) is 34.0 Å². The number of carbonyl (C=O) groups is 8. The van der Waals surface area contributed by atoms with Crippen LogP contribution >= 0.6 is 46.4 Å². The van der Waals surface area contributed by atoms with Gasteiger partial charge in [-0.25, -0.2) is 28.5 Å². The van der Waals surface area contributed by atoms with Crippen molar-refractivity contribution < 1.29 is 38.4 Å². The summed E-state index contributed by atoms with van der Waals surface area (Å²) in [6.45, 7) is 7.88. The van der Waals surface area contributed by atoms with Crippen molar-refractivity contribution in [3.63, 3.8) is 0 Å². The number of aryl methyl sites for hydroxylation is 4. The summed E-state index contributed by atoms with van der Waals surface area (Å²) in [5.41, 5.74) is 16.0. The van der Waals surface area contributed by atoms with E-state index in [1.807, 2.05) is 222 Å². The molecule has 19 rings (SSSR count). The smallest absolute Gasteiger partial charge is 0.244 e. The molecule has 10 heterocycles. The number of hydrogen-bond acceptors (Lipinski definition) is 26. The first-order valence-electron chi connectivity index (χ1n) is 46.6. The molecule has 0 spiro atoms. The third-order valence-corrected chi connectivity index (χ3v) is 24.0. The van der Waals surface area contributed by atoms with Gasteiger partial charge in [0, 0.05) is 91.7 Å². The number of fused-ring (bicyclic) bond motifs is 3. The summed E-state index contributed by atoms with van der Waals surface area (Å²) >= 11 is 24.7. The van der Waals surface area contributed by atoms with Crippen LogP contribution in [0.3, 0.4) is 0 Å². The van der Waals surface area contributed by atoms with Crippen LogP contribution in [0.15, 0.2) is 323 Å². The third kappa shape index (κ3) is 29.8.